The minimum absolute atomic E-state index is 0.183. The van der Waals surface area contributed by atoms with Gasteiger partial charge in [-0.2, -0.15) is 19.7 Å². The summed E-state index contributed by atoms with van der Waals surface area (Å²) in [7, 11) is 0. The number of nitrogens with zero attached hydrogens (tertiary/aromatic N) is 6. The molecule has 0 saturated heterocycles. The van der Waals surface area contributed by atoms with E-state index in [1.54, 1.807) is 24.4 Å². The van der Waals surface area contributed by atoms with Gasteiger partial charge in [-0.3, -0.25) is 9.48 Å². The van der Waals surface area contributed by atoms with Gasteiger partial charge in [0.05, 0.1) is 5.69 Å². The van der Waals surface area contributed by atoms with Gasteiger partial charge in [-0.05, 0) is 49.2 Å². The SMILES string of the molecule is Cc1ccnn1CC(C)CNC(=O)c1cc(-c2ccc(F)cc2)nc2ncnn12. The Balaban J connectivity index is 1.54. The van der Waals surface area contributed by atoms with Gasteiger partial charge in [-0.1, -0.05) is 6.92 Å². The van der Waals surface area contributed by atoms with Gasteiger partial charge < -0.3 is 5.32 Å². The highest BCUT2D eigenvalue weighted by Gasteiger charge is 2.17. The van der Waals surface area contributed by atoms with E-state index in [-0.39, 0.29) is 17.6 Å². The van der Waals surface area contributed by atoms with Gasteiger partial charge >= 0.3 is 0 Å². The number of carbonyl (C=O) groups is 1. The van der Waals surface area contributed by atoms with Crippen LogP contribution in [0.4, 0.5) is 4.39 Å². The molecule has 0 aliphatic carbocycles. The van der Waals surface area contributed by atoms with Crippen molar-refractivity contribution in [2.24, 2.45) is 5.92 Å². The summed E-state index contributed by atoms with van der Waals surface area (Å²) in [5.41, 5.74) is 2.60. The second-order valence-corrected chi connectivity index (χ2v) is 6.98. The average Bonchev–Trinajstić information content (AvgIpc) is 3.35. The Morgan fingerprint density at radius 3 is 2.72 bits per heavy atom. The van der Waals surface area contributed by atoms with Gasteiger partial charge in [0.2, 0.25) is 0 Å². The summed E-state index contributed by atoms with van der Waals surface area (Å²) in [5.74, 6) is -0.133. The number of hydrogen-bond donors (Lipinski definition) is 1. The highest BCUT2D eigenvalue weighted by atomic mass is 19.1. The van der Waals surface area contributed by atoms with Crippen molar-refractivity contribution in [3.05, 3.63) is 66.1 Å². The summed E-state index contributed by atoms with van der Waals surface area (Å²) in [6.45, 7) is 5.22. The first-order valence-electron chi connectivity index (χ1n) is 9.24. The second-order valence-electron chi connectivity index (χ2n) is 6.98. The quantitative estimate of drug-likeness (QED) is 0.544. The first-order valence-corrected chi connectivity index (χ1v) is 9.24. The predicted octanol–water partition coefficient (Wildman–Crippen LogP) is 2.50. The molecule has 1 amide bonds. The van der Waals surface area contributed by atoms with Crippen LogP contribution in [0, 0.1) is 18.7 Å². The predicted molar refractivity (Wildman–Crippen MR) is 105 cm³/mol. The smallest absolute Gasteiger partial charge is 0.270 e. The Labute approximate surface area is 166 Å². The molecule has 0 fully saturated rings. The van der Waals surface area contributed by atoms with Crippen molar-refractivity contribution in [1.29, 1.82) is 0 Å². The van der Waals surface area contributed by atoms with Gasteiger partial charge in [-0.15, -0.1) is 0 Å². The maximum absolute atomic E-state index is 13.2. The summed E-state index contributed by atoms with van der Waals surface area (Å²) in [4.78, 5) is 21.4. The van der Waals surface area contributed by atoms with Crippen LogP contribution in [0.3, 0.4) is 0 Å². The third-order valence-electron chi connectivity index (χ3n) is 4.65. The number of amides is 1. The molecule has 3 heterocycles. The van der Waals surface area contributed by atoms with E-state index in [0.717, 1.165) is 5.69 Å². The molecule has 0 aliphatic heterocycles. The zero-order valence-corrected chi connectivity index (χ0v) is 16.1. The number of aromatic nitrogens is 6. The molecule has 148 valence electrons. The molecule has 0 radical (unpaired) electrons. The van der Waals surface area contributed by atoms with Crippen LogP contribution < -0.4 is 5.32 Å². The van der Waals surface area contributed by atoms with Crippen molar-refractivity contribution in [3.8, 4) is 11.3 Å². The lowest BCUT2D eigenvalue weighted by Gasteiger charge is -2.14. The summed E-state index contributed by atoms with van der Waals surface area (Å²) in [6.07, 6.45) is 3.10. The topological polar surface area (TPSA) is 90.0 Å². The molecular weight excluding hydrogens is 373 g/mol. The molecule has 0 aliphatic rings. The lowest BCUT2D eigenvalue weighted by atomic mass is 10.1. The molecule has 1 unspecified atom stereocenters. The number of benzene rings is 1. The van der Waals surface area contributed by atoms with E-state index in [0.29, 0.717) is 35.8 Å². The fourth-order valence-corrected chi connectivity index (χ4v) is 3.05. The Bertz CT molecular complexity index is 1150. The molecule has 0 spiro atoms. The van der Waals surface area contributed by atoms with E-state index < -0.39 is 0 Å². The highest BCUT2D eigenvalue weighted by Crippen LogP contribution is 2.19. The molecule has 0 saturated carbocycles. The van der Waals surface area contributed by atoms with Gasteiger partial charge in [0.1, 0.15) is 17.8 Å². The molecule has 8 nitrogen and oxygen atoms in total. The van der Waals surface area contributed by atoms with Crippen molar-refractivity contribution in [1.82, 2.24) is 34.7 Å². The molecule has 1 N–H and O–H groups in total. The van der Waals surface area contributed by atoms with Gasteiger partial charge in [-0.25, -0.2) is 9.37 Å². The van der Waals surface area contributed by atoms with Crippen LogP contribution in [0.25, 0.3) is 17.0 Å². The Kier molecular flexibility index (Phi) is 5.03. The zero-order chi connectivity index (χ0) is 20.4. The van der Waals surface area contributed by atoms with Crippen LogP contribution in [0.2, 0.25) is 0 Å². The average molecular weight is 393 g/mol. The summed E-state index contributed by atoms with van der Waals surface area (Å²) < 4.78 is 16.5. The number of fused-ring (bicyclic) bond motifs is 1. The van der Waals surface area contributed by atoms with Crippen LogP contribution in [0.15, 0.2) is 48.9 Å². The maximum atomic E-state index is 13.2. The number of halogens is 1. The molecule has 1 atom stereocenters. The summed E-state index contributed by atoms with van der Waals surface area (Å²) in [6, 6.07) is 9.50. The van der Waals surface area contributed by atoms with E-state index in [4.69, 9.17) is 0 Å². The number of hydrogen-bond acceptors (Lipinski definition) is 5. The highest BCUT2D eigenvalue weighted by molar-refractivity contribution is 5.94. The van der Waals surface area contributed by atoms with Crippen molar-refractivity contribution in [3.63, 3.8) is 0 Å². The molecule has 1 aromatic carbocycles. The first-order chi connectivity index (χ1) is 14.0. The van der Waals surface area contributed by atoms with Crippen molar-refractivity contribution < 1.29 is 9.18 Å². The van der Waals surface area contributed by atoms with Gasteiger partial charge in [0, 0.05) is 30.5 Å². The normalized spacial score (nSPS) is 12.2. The Hall–Kier alpha value is -3.62. The fourth-order valence-electron chi connectivity index (χ4n) is 3.05. The minimum atomic E-state index is -0.336. The fraction of sp³-hybridized carbons (Fsp3) is 0.250. The standard InChI is InChI=1S/C20H20FN7O/c1-13(11-27-14(2)7-8-24-27)10-22-19(29)18-9-17(15-3-5-16(21)6-4-15)26-20-23-12-25-28(18)20/h3-9,12-13H,10-11H2,1-2H3,(H,22,29). The Morgan fingerprint density at radius 2 is 2.00 bits per heavy atom. The molecule has 4 aromatic rings. The van der Waals surface area contributed by atoms with E-state index in [1.165, 1.54) is 23.0 Å². The third-order valence-corrected chi connectivity index (χ3v) is 4.65. The second kappa shape index (κ2) is 7.78. The van der Waals surface area contributed by atoms with Crippen LogP contribution >= 0.6 is 0 Å². The number of carbonyl (C=O) groups excluding carboxylic acids is 1. The molecule has 3 aromatic heterocycles. The molecule has 4 rings (SSSR count). The maximum Gasteiger partial charge on any atom is 0.270 e. The van der Waals surface area contributed by atoms with Crippen molar-refractivity contribution in [2.45, 2.75) is 20.4 Å². The monoisotopic (exact) mass is 393 g/mol. The lowest BCUT2D eigenvalue weighted by Crippen LogP contribution is -2.31. The van der Waals surface area contributed by atoms with E-state index in [9.17, 15) is 9.18 Å². The molecule has 29 heavy (non-hydrogen) atoms. The summed E-state index contributed by atoms with van der Waals surface area (Å²) in [5, 5.41) is 11.3. The number of nitrogens with one attached hydrogen (secondary N) is 1. The Morgan fingerprint density at radius 1 is 1.21 bits per heavy atom. The lowest BCUT2D eigenvalue weighted by molar-refractivity contribution is 0.0939. The number of rotatable bonds is 6. The van der Waals surface area contributed by atoms with Crippen LogP contribution in [-0.4, -0.2) is 41.8 Å². The van der Waals surface area contributed by atoms with Crippen LogP contribution in [-0.2, 0) is 6.54 Å². The van der Waals surface area contributed by atoms with E-state index in [1.807, 2.05) is 24.6 Å². The van der Waals surface area contributed by atoms with E-state index >= 15 is 0 Å². The molecule has 0 bridgehead atoms. The molecule has 9 heteroatoms. The van der Waals surface area contributed by atoms with Crippen LogP contribution in [0.5, 0.6) is 0 Å². The first kappa shape index (κ1) is 18.7. The van der Waals surface area contributed by atoms with Crippen molar-refractivity contribution in [2.75, 3.05) is 6.54 Å². The van der Waals surface area contributed by atoms with E-state index in [2.05, 4.69) is 25.5 Å². The van der Waals surface area contributed by atoms with Crippen LogP contribution in [0.1, 0.15) is 23.1 Å². The third kappa shape index (κ3) is 3.98. The van der Waals surface area contributed by atoms with Gasteiger partial charge in [0.25, 0.3) is 11.7 Å². The minimum Gasteiger partial charge on any atom is -0.350 e. The van der Waals surface area contributed by atoms with Gasteiger partial charge in [0.15, 0.2) is 0 Å². The largest absolute Gasteiger partial charge is 0.350 e. The summed E-state index contributed by atoms with van der Waals surface area (Å²) >= 11 is 0. The number of aryl methyl sites for hydroxylation is 1. The molecular formula is C20H20FN7O. The zero-order valence-electron chi connectivity index (χ0n) is 16.1. The van der Waals surface area contributed by atoms with Crippen molar-refractivity contribution >= 4 is 11.7 Å².